The minimum atomic E-state index is -0.917. The first-order valence-electron chi connectivity index (χ1n) is 5.58. The van der Waals surface area contributed by atoms with Crippen LogP contribution in [0.4, 0.5) is 0 Å². The Hall–Kier alpha value is -1.49. The van der Waals surface area contributed by atoms with E-state index in [0.717, 1.165) is 10.5 Å². The third-order valence-corrected chi connectivity index (χ3v) is 3.52. The molecule has 4 nitrogen and oxygen atoms in total. The summed E-state index contributed by atoms with van der Waals surface area (Å²) in [6, 6.07) is 5.33. The third-order valence-electron chi connectivity index (χ3n) is 2.52. The van der Waals surface area contributed by atoms with Gasteiger partial charge in [0.2, 0.25) is 5.91 Å². The molecule has 0 unspecified atom stereocenters. The smallest absolute Gasteiger partial charge is 0.335 e. The summed E-state index contributed by atoms with van der Waals surface area (Å²) in [7, 11) is 3.45. The van der Waals surface area contributed by atoms with Gasteiger partial charge < -0.3 is 10.0 Å². The van der Waals surface area contributed by atoms with Gasteiger partial charge in [-0.2, -0.15) is 0 Å². The molecular weight excluding hydrogens is 250 g/mol. The number of carbonyl (C=O) groups is 2. The molecule has 18 heavy (non-hydrogen) atoms. The third kappa shape index (κ3) is 4.07. The lowest BCUT2D eigenvalue weighted by Crippen LogP contribution is -2.21. The average molecular weight is 267 g/mol. The van der Waals surface area contributed by atoms with E-state index in [9.17, 15) is 9.59 Å². The topological polar surface area (TPSA) is 57.6 Å². The fraction of sp³-hybridized carbons (Fsp3) is 0.385. The molecule has 98 valence electrons. The molecule has 5 heteroatoms. The minimum absolute atomic E-state index is 0.0769. The summed E-state index contributed by atoms with van der Waals surface area (Å²) in [5.41, 5.74) is 1.06. The van der Waals surface area contributed by atoms with Crippen molar-refractivity contribution < 1.29 is 14.7 Å². The van der Waals surface area contributed by atoms with Gasteiger partial charge in [0.15, 0.2) is 0 Å². The van der Waals surface area contributed by atoms with Gasteiger partial charge in [-0.25, -0.2) is 4.79 Å². The molecule has 0 atom stereocenters. The van der Waals surface area contributed by atoms with Crippen molar-refractivity contribution in [2.24, 2.45) is 0 Å². The van der Waals surface area contributed by atoms with Gasteiger partial charge in [-0.05, 0) is 24.6 Å². The molecule has 0 saturated heterocycles. The number of hydrogen-bond donors (Lipinski definition) is 1. The summed E-state index contributed by atoms with van der Waals surface area (Å²) in [5, 5.41) is 9.01. The Morgan fingerprint density at radius 3 is 2.56 bits per heavy atom. The van der Waals surface area contributed by atoms with Crippen LogP contribution in [0.1, 0.15) is 22.3 Å². The summed E-state index contributed by atoms with van der Waals surface area (Å²) in [6.45, 7) is 1.77. The van der Waals surface area contributed by atoms with Crippen LogP contribution in [-0.4, -0.2) is 41.7 Å². The van der Waals surface area contributed by atoms with Crippen molar-refractivity contribution in [2.45, 2.75) is 18.2 Å². The molecule has 1 amide bonds. The highest BCUT2D eigenvalue weighted by Gasteiger charge is 2.09. The molecular formula is C13H17NO3S. The van der Waals surface area contributed by atoms with Gasteiger partial charge >= 0.3 is 5.97 Å². The number of nitrogens with zero attached hydrogens (tertiary/aromatic N) is 1. The Labute approximate surface area is 111 Å². The number of rotatable bonds is 5. The summed E-state index contributed by atoms with van der Waals surface area (Å²) < 4.78 is 0. The first kappa shape index (κ1) is 14.6. The van der Waals surface area contributed by atoms with Crippen LogP contribution in [0.15, 0.2) is 23.1 Å². The van der Waals surface area contributed by atoms with Gasteiger partial charge in [0.05, 0.1) is 5.56 Å². The Morgan fingerprint density at radius 2 is 2.00 bits per heavy atom. The van der Waals surface area contributed by atoms with E-state index < -0.39 is 5.97 Å². The zero-order valence-electron chi connectivity index (χ0n) is 10.8. The van der Waals surface area contributed by atoms with Gasteiger partial charge in [0, 0.05) is 31.2 Å². The number of amides is 1. The monoisotopic (exact) mass is 267 g/mol. The van der Waals surface area contributed by atoms with Gasteiger partial charge in [0.25, 0.3) is 0 Å². The highest BCUT2D eigenvalue weighted by Crippen LogP contribution is 2.22. The number of aromatic carboxylic acids is 1. The highest BCUT2D eigenvalue weighted by molar-refractivity contribution is 7.99. The SMILES string of the molecule is Cc1ccc(SCCC(=O)N(C)C)cc1C(=O)O. The number of thioether (sulfide) groups is 1. The number of benzene rings is 1. The molecule has 1 N–H and O–H groups in total. The lowest BCUT2D eigenvalue weighted by molar-refractivity contribution is -0.128. The fourth-order valence-electron chi connectivity index (χ4n) is 1.40. The summed E-state index contributed by atoms with van der Waals surface area (Å²) >= 11 is 1.50. The largest absolute Gasteiger partial charge is 0.478 e. The predicted octanol–water partition coefficient (Wildman–Crippen LogP) is 2.26. The predicted molar refractivity (Wildman–Crippen MR) is 72.2 cm³/mol. The van der Waals surface area contributed by atoms with Crippen LogP contribution in [-0.2, 0) is 4.79 Å². The van der Waals surface area contributed by atoms with E-state index >= 15 is 0 Å². The molecule has 0 aliphatic heterocycles. The maximum absolute atomic E-state index is 11.4. The maximum Gasteiger partial charge on any atom is 0.335 e. The summed E-state index contributed by atoms with van der Waals surface area (Å²) in [4.78, 5) is 24.8. The minimum Gasteiger partial charge on any atom is -0.478 e. The van der Waals surface area contributed by atoms with E-state index in [1.165, 1.54) is 11.8 Å². The molecule has 0 bridgehead atoms. The maximum atomic E-state index is 11.4. The Morgan fingerprint density at radius 1 is 1.33 bits per heavy atom. The van der Waals surface area contributed by atoms with E-state index in [-0.39, 0.29) is 5.91 Å². The first-order chi connectivity index (χ1) is 8.41. The standard InChI is InChI=1S/C13H17NO3S/c1-9-4-5-10(8-11(9)13(16)17)18-7-6-12(15)14(2)3/h4-5,8H,6-7H2,1-3H3,(H,16,17). The van der Waals surface area contributed by atoms with E-state index in [2.05, 4.69) is 0 Å². The van der Waals surface area contributed by atoms with Crippen LogP contribution < -0.4 is 0 Å². The zero-order valence-corrected chi connectivity index (χ0v) is 11.6. The summed E-state index contributed by atoms with van der Waals surface area (Å²) in [6.07, 6.45) is 0.452. The lowest BCUT2D eigenvalue weighted by atomic mass is 10.1. The van der Waals surface area contributed by atoms with E-state index in [1.54, 1.807) is 38.1 Å². The molecule has 0 radical (unpaired) electrons. The van der Waals surface area contributed by atoms with Gasteiger partial charge in [0.1, 0.15) is 0 Å². The van der Waals surface area contributed by atoms with Crippen LogP contribution in [0.3, 0.4) is 0 Å². The van der Waals surface area contributed by atoms with Crippen molar-refractivity contribution >= 4 is 23.6 Å². The first-order valence-corrected chi connectivity index (χ1v) is 6.57. The zero-order chi connectivity index (χ0) is 13.7. The number of carboxylic acid groups (broad SMARTS) is 1. The van der Waals surface area contributed by atoms with Crippen molar-refractivity contribution in [3.8, 4) is 0 Å². The van der Waals surface area contributed by atoms with Crippen molar-refractivity contribution in [3.05, 3.63) is 29.3 Å². The van der Waals surface area contributed by atoms with E-state index in [4.69, 9.17) is 5.11 Å². The Balaban J connectivity index is 2.61. The van der Waals surface area contributed by atoms with Crippen molar-refractivity contribution in [1.82, 2.24) is 4.90 Å². The summed E-state index contributed by atoms with van der Waals surface area (Å²) in [5.74, 6) is -0.188. The molecule has 0 saturated carbocycles. The Bertz CT molecular complexity index is 458. The molecule has 0 aliphatic rings. The fourth-order valence-corrected chi connectivity index (χ4v) is 2.28. The molecule has 1 aromatic rings. The second kappa shape index (κ2) is 6.44. The van der Waals surface area contributed by atoms with E-state index in [0.29, 0.717) is 17.7 Å². The van der Waals surface area contributed by atoms with Crippen LogP contribution >= 0.6 is 11.8 Å². The molecule has 1 rings (SSSR count). The van der Waals surface area contributed by atoms with Gasteiger partial charge in [-0.15, -0.1) is 11.8 Å². The van der Waals surface area contributed by atoms with Crippen LogP contribution in [0.5, 0.6) is 0 Å². The van der Waals surface area contributed by atoms with Crippen molar-refractivity contribution in [2.75, 3.05) is 19.8 Å². The van der Waals surface area contributed by atoms with Crippen molar-refractivity contribution in [3.63, 3.8) is 0 Å². The van der Waals surface area contributed by atoms with Gasteiger partial charge in [-0.1, -0.05) is 6.07 Å². The quantitative estimate of drug-likeness (QED) is 0.831. The molecule has 0 aliphatic carbocycles. The molecule has 0 aromatic heterocycles. The highest BCUT2D eigenvalue weighted by atomic mass is 32.2. The molecule has 0 spiro atoms. The molecule has 1 aromatic carbocycles. The van der Waals surface area contributed by atoms with E-state index in [1.807, 2.05) is 6.07 Å². The van der Waals surface area contributed by atoms with Gasteiger partial charge in [-0.3, -0.25) is 4.79 Å². The molecule has 0 heterocycles. The lowest BCUT2D eigenvalue weighted by Gasteiger charge is -2.10. The normalized spacial score (nSPS) is 10.2. The number of carbonyl (C=O) groups excluding carboxylic acids is 1. The number of aryl methyl sites for hydroxylation is 1. The number of carboxylic acids is 1. The Kier molecular flexibility index (Phi) is 5.22. The second-order valence-electron chi connectivity index (χ2n) is 4.17. The number of hydrogen-bond acceptors (Lipinski definition) is 3. The van der Waals surface area contributed by atoms with Crippen LogP contribution in [0.25, 0.3) is 0 Å². The average Bonchev–Trinajstić information content (AvgIpc) is 2.30. The van der Waals surface area contributed by atoms with Crippen LogP contribution in [0.2, 0.25) is 0 Å². The molecule has 0 fully saturated rings. The van der Waals surface area contributed by atoms with Crippen molar-refractivity contribution in [1.29, 1.82) is 0 Å². The second-order valence-corrected chi connectivity index (χ2v) is 5.34. The van der Waals surface area contributed by atoms with Crippen LogP contribution in [0, 0.1) is 6.92 Å².